The number of nitrogens with one attached hydrogen (secondary N) is 1. The maximum atomic E-state index is 14.1. The maximum absolute atomic E-state index is 14.1. The number of likely N-dealkylation sites (N-methyl/N-ethyl adjacent to an activating group) is 1. The molecule has 0 aliphatic heterocycles. The summed E-state index contributed by atoms with van der Waals surface area (Å²) in [5, 5.41) is 0. The van der Waals surface area contributed by atoms with E-state index >= 15 is 0 Å². The van der Waals surface area contributed by atoms with Crippen molar-refractivity contribution in [2.45, 2.75) is 17.4 Å². The summed E-state index contributed by atoms with van der Waals surface area (Å²) in [6.45, 7) is 0. The van der Waals surface area contributed by atoms with Crippen LogP contribution in [0.5, 0.6) is 0 Å². The summed E-state index contributed by atoms with van der Waals surface area (Å²) < 4.78 is 42.1. The highest BCUT2D eigenvalue weighted by Gasteiger charge is 2.30. The summed E-state index contributed by atoms with van der Waals surface area (Å²) in [6, 6.07) is 21.9. The molecule has 1 atom stereocenters. The van der Waals surface area contributed by atoms with E-state index < -0.39 is 32.7 Å². The van der Waals surface area contributed by atoms with Gasteiger partial charge in [0.1, 0.15) is 16.8 Å². The summed E-state index contributed by atoms with van der Waals surface area (Å²) in [5.41, 5.74) is 1.41. The minimum Gasteiger partial charge on any atom is -0.314 e. The molecular formula is C22H21FN2O3S. The predicted molar refractivity (Wildman–Crippen MR) is 111 cm³/mol. The highest BCUT2D eigenvalue weighted by Crippen LogP contribution is 2.18. The Morgan fingerprint density at radius 3 is 2.10 bits per heavy atom. The number of benzene rings is 3. The molecule has 0 aliphatic carbocycles. The first-order valence-corrected chi connectivity index (χ1v) is 10.5. The third-order valence-electron chi connectivity index (χ3n) is 4.48. The zero-order valence-corrected chi connectivity index (χ0v) is 16.6. The van der Waals surface area contributed by atoms with Gasteiger partial charge in [-0.05, 0) is 36.2 Å². The molecule has 1 unspecified atom stereocenters. The van der Waals surface area contributed by atoms with Crippen LogP contribution in [0.25, 0.3) is 0 Å². The lowest BCUT2D eigenvalue weighted by molar-refractivity contribution is -0.119. The minimum absolute atomic E-state index is 0.129. The molecule has 0 saturated carbocycles. The van der Waals surface area contributed by atoms with Crippen molar-refractivity contribution in [3.05, 3.63) is 96.3 Å². The molecule has 29 heavy (non-hydrogen) atoms. The molecule has 3 aromatic rings. The average molecular weight is 412 g/mol. The number of para-hydroxylation sites is 1. The van der Waals surface area contributed by atoms with Crippen molar-refractivity contribution in [1.82, 2.24) is 4.72 Å². The standard InChI is InChI=1S/C22H21FN2O3S/c1-25(18-12-6-3-7-13-18)22(26)20(16-17-10-4-2-5-11-17)24-29(27,28)21-15-9-8-14-19(21)23/h2-15,20,24H,16H2,1H3. The number of hydrogen-bond acceptors (Lipinski definition) is 3. The number of rotatable bonds is 7. The fraction of sp³-hybridized carbons (Fsp3) is 0.136. The van der Waals surface area contributed by atoms with E-state index in [9.17, 15) is 17.6 Å². The van der Waals surface area contributed by atoms with Crippen LogP contribution in [0.15, 0.2) is 89.8 Å². The van der Waals surface area contributed by atoms with E-state index in [1.807, 2.05) is 24.3 Å². The number of amides is 1. The van der Waals surface area contributed by atoms with Gasteiger partial charge < -0.3 is 4.90 Å². The van der Waals surface area contributed by atoms with Crippen LogP contribution in [-0.4, -0.2) is 27.4 Å². The van der Waals surface area contributed by atoms with Crippen molar-refractivity contribution >= 4 is 21.6 Å². The second kappa shape index (κ2) is 8.98. The Labute approximate surface area is 169 Å². The largest absolute Gasteiger partial charge is 0.314 e. The summed E-state index contributed by atoms with van der Waals surface area (Å²) in [7, 11) is -2.67. The number of carbonyl (C=O) groups is 1. The lowest BCUT2D eigenvalue weighted by Gasteiger charge is -2.25. The lowest BCUT2D eigenvalue weighted by atomic mass is 10.1. The third kappa shape index (κ3) is 5.07. The molecule has 0 heterocycles. The van der Waals surface area contributed by atoms with Crippen molar-refractivity contribution in [2.24, 2.45) is 0 Å². The summed E-state index contributed by atoms with van der Waals surface area (Å²) in [5.74, 6) is -1.32. The van der Waals surface area contributed by atoms with E-state index in [1.54, 1.807) is 43.4 Å². The van der Waals surface area contributed by atoms with E-state index in [0.29, 0.717) is 5.69 Å². The van der Waals surface area contributed by atoms with Crippen LogP contribution >= 0.6 is 0 Å². The number of halogens is 1. The van der Waals surface area contributed by atoms with Gasteiger partial charge in [-0.2, -0.15) is 4.72 Å². The molecule has 1 N–H and O–H groups in total. The number of anilines is 1. The second-order valence-corrected chi connectivity index (χ2v) is 8.21. The summed E-state index contributed by atoms with van der Waals surface area (Å²) >= 11 is 0. The quantitative estimate of drug-likeness (QED) is 0.647. The third-order valence-corrected chi connectivity index (χ3v) is 5.98. The van der Waals surface area contributed by atoms with E-state index in [4.69, 9.17) is 0 Å². The fourth-order valence-electron chi connectivity index (χ4n) is 2.96. The van der Waals surface area contributed by atoms with E-state index in [0.717, 1.165) is 11.6 Å². The first kappa shape index (κ1) is 20.7. The van der Waals surface area contributed by atoms with Gasteiger partial charge in [-0.25, -0.2) is 12.8 Å². The number of hydrogen-bond donors (Lipinski definition) is 1. The fourth-order valence-corrected chi connectivity index (χ4v) is 4.22. The van der Waals surface area contributed by atoms with Gasteiger partial charge in [0.05, 0.1) is 0 Å². The Morgan fingerprint density at radius 1 is 0.931 bits per heavy atom. The Bertz CT molecular complexity index is 1070. The van der Waals surface area contributed by atoms with Crippen LogP contribution in [0.3, 0.4) is 0 Å². The molecule has 3 aromatic carbocycles. The lowest BCUT2D eigenvalue weighted by Crippen LogP contribution is -2.48. The Morgan fingerprint density at radius 2 is 1.48 bits per heavy atom. The highest BCUT2D eigenvalue weighted by molar-refractivity contribution is 7.89. The molecule has 150 valence electrons. The Balaban J connectivity index is 1.93. The molecule has 0 saturated heterocycles. The van der Waals surface area contributed by atoms with E-state index in [2.05, 4.69) is 4.72 Å². The van der Waals surface area contributed by atoms with Crippen molar-refractivity contribution in [3.63, 3.8) is 0 Å². The molecule has 5 nitrogen and oxygen atoms in total. The molecule has 1 amide bonds. The zero-order chi connectivity index (χ0) is 20.9. The van der Waals surface area contributed by atoms with Crippen molar-refractivity contribution in [3.8, 4) is 0 Å². The molecule has 0 aromatic heterocycles. The number of carbonyl (C=O) groups excluding carboxylic acids is 1. The first-order chi connectivity index (χ1) is 13.9. The zero-order valence-electron chi connectivity index (χ0n) is 15.8. The van der Waals surface area contributed by atoms with Gasteiger partial charge >= 0.3 is 0 Å². The van der Waals surface area contributed by atoms with Crippen LogP contribution in [0.4, 0.5) is 10.1 Å². The predicted octanol–water partition coefficient (Wildman–Crippen LogP) is 3.38. The summed E-state index contributed by atoms with van der Waals surface area (Å²) in [6.07, 6.45) is 0.129. The normalized spacial score (nSPS) is 12.3. The smallest absolute Gasteiger partial charge is 0.245 e. The monoisotopic (exact) mass is 412 g/mol. The minimum atomic E-state index is -4.24. The molecule has 0 spiro atoms. The van der Waals surface area contributed by atoms with Gasteiger partial charge in [-0.15, -0.1) is 0 Å². The number of sulfonamides is 1. The molecule has 0 aliphatic rings. The van der Waals surface area contributed by atoms with Gasteiger partial charge in [0.15, 0.2) is 0 Å². The van der Waals surface area contributed by atoms with Gasteiger partial charge in [-0.1, -0.05) is 60.7 Å². The Hall–Kier alpha value is -3.03. The van der Waals surface area contributed by atoms with Crippen molar-refractivity contribution in [1.29, 1.82) is 0 Å². The van der Waals surface area contributed by atoms with Gasteiger partial charge in [0, 0.05) is 12.7 Å². The average Bonchev–Trinajstić information content (AvgIpc) is 2.73. The number of nitrogens with zero attached hydrogens (tertiary/aromatic N) is 1. The molecule has 0 bridgehead atoms. The van der Waals surface area contributed by atoms with Crippen LogP contribution < -0.4 is 9.62 Å². The van der Waals surface area contributed by atoms with Crippen molar-refractivity contribution in [2.75, 3.05) is 11.9 Å². The van der Waals surface area contributed by atoms with Gasteiger partial charge in [0.25, 0.3) is 0 Å². The SMILES string of the molecule is CN(C(=O)C(Cc1ccccc1)NS(=O)(=O)c1ccccc1F)c1ccccc1. The topological polar surface area (TPSA) is 66.5 Å². The highest BCUT2D eigenvalue weighted by atomic mass is 32.2. The summed E-state index contributed by atoms with van der Waals surface area (Å²) in [4.78, 5) is 14.0. The molecule has 7 heteroatoms. The van der Waals surface area contributed by atoms with Crippen LogP contribution in [-0.2, 0) is 21.2 Å². The maximum Gasteiger partial charge on any atom is 0.245 e. The molecular weight excluding hydrogens is 391 g/mol. The van der Waals surface area contributed by atoms with Crippen LogP contribution in [0, 0.1) is 5.82 Å². The first-order valence-electron chi connectivity index (χ1n) is 9.02. The Kier molecular flexibility index (Phi) is 6.41. The van der Waals surface area contributed by atoms with Crippen LogP contribution in [0.1, 0.15) is 5.56 Å². The van der Waals surface area contributed by atoms with Crippen LogP contribution in [0.2, 0.25) is 0 Å². The van der Waals surface area contributed by atoms with Gasteiger partial charge in [-0.3, -0.25) is 4.79 Å². The van der Waals surface area contributed by atoms with E-state index in [-0.39, 0.29) is 6.42 Å². The van der Waals surface area contributed by atoms with E-state index in [1.165, 1.54) is 23.1 Å². The van der Waals surface area contributed by atoms with Gasteiger partial charge in [0.2, 0.25) is 15.9 Å². The van der Waals surface area contributed by atoms with Crippen molar-refractivity contribution < 1.29 is 17.6 Å². The second-order valence-electron chi connectivity index (χ2n) is 6.53. The molecule has 3 rings (SSSR count). The molecule has 0 radical (unpaired) electrons. The molecule has 0 fully saturated rings.